The Bertz CT molecular complexity index is 286. The second-order valence-corrected chi connectivity index (χ2v) is 2.61. The molecule has 1 heterocycles. The number of hydrogen-bond donors (Lipinski definition) is 2. The molecular formula is C7H10N2O3. The number of nitrogens with zero attached hydrogens (tertiary/aromatic N) is 2. The minimum atomic E-state index is -0.951. The monoisotopic (exact) mass is 170 g/mol. The zero-order valence-electron chi connectivity index (χ0n) is 6.85. The Morgan fingerprint density at radius 3 is 2.67 bits per heavy atom. The topological polar surface area (TPSA) is 75.3 Å². The van der Waals surface area contributed by atoms with Crippen LogP contribution in [0.4, 0.5) is 0 Å². The lowest BCUT2D eigenvalue weighted by Gasteiger charge is -1.98. The maximum absolute atomic E-state index is 10.5. The molecule has 2 N–H and O–H groups in total. The van der Waals surface area contributed by atoms with E-state index in [-0.39, 0.29) is 5.88 Å². The number of aryl methyl sites for hydroxylation is 1. The Morgan fingerprint density at radius 1 is 1.75 bits per heavy atom. The summed E-state index contributed by atoms with van der Waals surface area (Å²) in [6, 6.07) is 1.35. The molecule has 0 aromatic carbocycles. The predicted octanol–water partition coefficient (Wildman–Crippen LogP) is 0.314. The smallest absolute Gasteiger partial charge is 0.312 e. The van der Waals surface area contributed by atoms with Crippen molar-refractivity contribution in [3.05, 3.63) is 11.8 Å². The molecule has 12 heavy (non-hydrogen) atoms. The number of carboxylic acids is 1. The summed E-state index contributed by atoms with van der Waals surface area (Å²) in [6.45, 7) is 1.52. The molecule has 0 radical (unpaired) electrons. The van der Waals surface area contributed by atoms with Crippen molar-refractivity contribution in [3.63, 3.8) is 0 Å². The van der Waals surface area contributed by atoms with Gasteiger partial charge in [0.05, 0.1) is 11.6 Å². The molecule has 0 amide bonds. The van der Waals surface area contributed by atoms with Crippen LogP contribution in [0.5, 0.6) is 5.88 Å². The van der Waals surface area contributed by atoms with Crippen molar-refractivity contribution in [2.24, 2.45) is 7.05 Å². The Kier molecular flexibility index (Phi) is 2.03. The standard InChI is InChI=1S/C7H10N2O3/c1-4(7(11)12)5-3-6(10)9(2)8-5/h3-4,10H,1-2H3,(H,11,12). The third kappa shape index (κ3) is 1.39. The summed E-state index contributed by atoms with van der Waals surface area (Å²) in [4.78, 5) is 10.5. The van der Waals surface area contributed by atoms with Crippen LogP contribution < -0.4 is 0 Å². The number of carbonyl (C=O) groups is 1. The summed E-state index contributed by atoms with van der Waals surface area (Å²) < 4.78 is 1.23. The van der Waals surface area contributed by atoms with E-state index in [1.54, 1.807) is 7.05 Å². The second-order valence-electron chi connectivity index (χ2n) is 2.61. The molecule has 0 spiro atoms. The van der Waals surface area contributed by atoms with Crippen molar-refractivity contribution >= 4 is 5.97 Å². The molecule has 0 saturated heterocycles. The van der Waals surface area contributed by atoms with E-state index in [2.05, 4.69) is 5.10 Å². The van der Waals surface area contributed by atoms with Crippen LogP contribution in [-0.4, -0.2) is 26.0 Å². The molecule has 0 bridgehead atoms. The fourth-order valence-electron chi connectivity index (χ4n) is 0.817. The summed E-state index contributed by atoms with van der Waals surface area (Å²) in [6.07, 6.45) is 0. The fraction of sp³-hybridized carbons (Fsp3) is 0.429. The van der Waals surface area contributed by atoms with Gasteiger partial charge < -0.3 is 10.2 Å². The summed E-state index contributed by atoms with van der Waals surface area (Å²) in [5.41, 5.74) is 0.363. The molecule has 5 heteroatoms. The van der Waals surface area contributed by atoms with Gasteiger partial charge >= 0.3 is 5.97 Å². The molecular weight excluding hydrogens is 160 g/mol. The molecule has 5 nitrogen and oxygen atoms in total. The lowest BCUT2D eigenvalue weighted by molar-refractivity contribution is -0.138. The minimum Gasteiger partial charge on any atom is -0.493 e. The van der Waals surface area contributed by atoms with Crippen LogP contribution in [-0.2, 0) is 11.8 Å². The van der Waals surface area contributed by atoms with Gasteiger partial charge in [-0.1, -0.05) is 0 Å². The van der Waals surface area contributed by atoms with Gasteiger partial charge in [-0.25, -0.2) is 4.68 Å². The van der Waals surface area contributed by atoms with Crippen LogP contribution in [0.15, 0.2) is 6.07 Å². The van der Waals surface area contributed by atoms with Crippen LogP contribution in [0.1, 0.15) is 18.5 Å². The third-order valence-corrected chi connectivity index (χ3v) is 1.69. The lowest BCUT2D eigenvalue weighted by Crippen LogP contribution is -2.08. The van der Waals surface area contributed by atoms with E-state index in [1.807, 2.05) is 0 Å². The quantitative estimate of drug-likeness (QED) is 0.670. The first kappa shape index (κ1) is 8.58. The molecule has 0 fully saturated rings. The van der Waals surface area contributed by atoms with Gasteiger partial charge in [-0.05, 0) is 6.92 Å². The molecule has 1 aromatic rings. The summed E-state index contributed by atoms with van der Waals surface area (Å²) >= 11 is 0. The van der Waals surface area contributed by atoms with E-state index in [9.17, 15) is 4.79 Å². The highest BCUT2D eigenvalue weighted by Crippen LogP contribution is 2.17. The molecule has 0 aliphatic heterocycles. The maximum Gasteiger partial charge on any atom is 0.312 e. The van der Waals surface area contributed by atoms with Crippen molar-refractivity contribution in [1.82, 2.24) is 9.78 Å². The molecule has 1 atom stereocenters. The van der Waals surface area contributed by atoms with Crippen molar-refractivity contribution in [1.29, 1.82) is 0 Å². The summed E-state index contributed by atoms with van der Waals surface area (Å²) in [5.74, 6) is -1.66. The summed E-state index contributed by atoms with van der Waals surface area (Å²) in [7, 11) is 1.55. The normalized spacial score (nSPS) is 12.8. The fourth-order valence-corrected chi connectivity index (χ4v) is 0.817. The first-order valence-electron chi connectivity index (χ1n) is 3.48. The number of aromatic hydroxyl groups is 1. The largest absolute Gasteiger partial charge is 0.493 e. The van der Waals surface area contributed by atoms with Gasteiger partial charge in [0.2, 0.25) is 5.88 Å². The molecule has 1 aromatic heterocycles. The molecule has 66 valence electrons. The average molecular weight is 170 g/mol. The molecule has 1 rings (SSSR count). The molecule has 0 aliphatic carbocycles. The van der Waals surface area contributed by atoms with Crippen LogP contribution in [0.2, 0.25) is 0 Å². The maximum atomic E-state index is 10.5. The van der Waals surface area contributed by atoms with E-state index in [0.717, 1.165) is 0 Å². The first-order chi connectivity index (χ1) is 5.52. The molecule has 0 saturated carbocycles. The van der Waals surface area contributed by atoms with E-state index in [4.69, 9.17) is 10.2 Å². The van der Waals surface area contributed by atoms with Gasteiger partial charge in [-0.2, -0.15) is 5.10 Å². The van der Waals surface area contributed by atoms with Gasteiger partial charge in [0, 0.05) is 13.1 Å². The number of carboxylic acid groups (broad SMARTS) is 1. The first-order valence-corrected chi connectivity index (χ1v) is 3.48. The highest BCUT2D eigenvalue weighted by molar-refractivity contribution is 5.74. The molecule has 0 aliphatic rings. The van der Waals surface area contributed by atoms with Crippen molar-refractivity contribution in [2.45, 2.75) is 12.8 Å². The number of aliphatic carboxylic acids is 1. The highest BCUT2D eigenvalue weighted by atomic mass is 16.4. The van der Waals surface area contributed by atoms with Gasteiger partial charge in [-0.15, -0.1) is 0 Å². The minimum absolute atomic E-state index is 0.0295. The summed E-state index contributed by atoms with van der Waals surface area (Å²) in [5, 5.41) is 21.5. The second kappa shape index (κ2) is 2.84. The predicted molar refractivity (Wildman–Crippen MR) is 40.9 cm³/mol. The van der Waals surface area contributed by atoms with E-state index in [1.165, 1.54) is 17.7 Å². The van der Waals surface area contributed by atoms with Crippen LogP contribution >= 0.6 is 0 Å². The number of hydrogen-bond acceptors (Lipinski definition) is 3. The van der Waals surface area contributed by atoms with Crippen molar-refractivity contribution < 1.29 is 15.0 Å². The Hall–Kier alpha value is -1.52. The van der Waals surface area contributed by atoms with Gasteiger partial charge in [0.25, 0.3) is 0 Å². The highest BCUT2D eigenvalue weighted by Gasteiger charge is 2.17. The van der Waals surface area contributed by atoms with Crippen LogP contribution in [0.25, 0.3) is 0 Å². The van der Waals surface area contributed by atoms with Crippen LogP contribution in [0.3, 0.4) is 0 Å². The average Bonchev–Trinajstić information content (AvgIpc) is 2.30. The zero-order valence-corrected chi connectivity index (χ0v) is 6.85. The SMILES string of the molecule is CC(C(=O)O)c1cc(O)n(C)n1. The van der Waals surface area contributed by atoms with Crippen molar-refractivity contribution in [3.8, 4) is 5.88 Å². The van der Waals surface area contributed by atoms with Gasteiger partial charge in [0.15, 0.2) is 0 Å². The third-order valence-electron chi connectivity index (χ3n) is 1.69. The van der Waals surface area contributed by atoms with Gasteiger partial charge in [0.1, 0.15) is 0 Å². The van der Waals surface area contributed by atoms with Gasteiger partial charge in [-0.3, -0.25) is 4.79 Å². The Morgan fingerprint density at radius 2 is 2.33 bits per heavy atom. The van der Waals surface area contributed by atoms with E-state index in [0.29, 0.717) is 5.69 Å². The van der Waals surface area contributed by atoms with E-state index < -0.39 is 11.9 Å². The number of rotatable bonds is 2. The zero-order chi connectivity index (χ0) is 9.30. The van der Waals surface area contributed by atoms with E-state index >= 15 is 0 Å². The van der Waals surface area contributed by atoms with Crippen LogP contribution in [0, 0.1) is 0 Å². The Balaban J connectivity index is 2.96. The Labute approximate surface area is 69.2 Å². The lowest BCUT2D eigenvalue weighted by atomic mass is 10.1. The molecule has 1 unspecified atom stereocenters. The number of aromatic nitrogens is 2. The van der Waals surface area contributed by atoms with Crippen molar-refractivity contribution in [2.75, 3.05) is 0 Å².